The Morgan fingerprint density at radius 2 is 1.39 bits per heavy atom. The molecule has 168 valence electrons. The van der Waals surface area contributed by atoms with E-state index in [1.807, 2.05) is 51.1 Å². The van der Waals surface area contributed by atoms with Crippen LogP contribution in [0.5, 0.6) is 0 Å². The van der Waals surface area contributed by atoms with Crippen molar-refractivity contribution in [2.24, 2.45) is 5.16 Å². The van der Waals surface area contributed by atoms with Crippen LogP contribution in [0.25, 0.3) is 21.8 Å². The Morgan fingerprint density at radius 3 is 1.94 bits per heavy atom. The summed E-state index contributed by atoms with van der Waals surface area (Å²) in [5.74, 6) is -0.420. The van der Waals surface area contributed by atoms with Gasteiger partial charge in [0.2, 0.25) is 0 Å². The summed E-state index contributed by atoms with van der Waals surface area (Å²) >= 11 is 0. The molecule has 33 heavy (non-hydrogen) atoms. The fourth-order valence-corrected chi connectivity index (χ4v) is 4.68. The summed E-state index contributed by atoms with van der Waals surface area (Å²) in [6, 6.07) is 16.1. The highest BCUT2D eigenvalue weighted by atomic mass is 16.7. The van der Waals surface area contributed by atoms with Crippen LogP contribution in [-0.2, 0) is 16.2 Å². The van der Waals surface area contributed by atoms with Crippen molar-refractivity contribution in [1.82, 2.24) is 4.57 Å². The van der Waals surface area contributed by atoms with E-state index in [0.717, 1.165) is 56.2 Å². The number of ketones is 1. The number of nitrogens with zero attached hydrogens (tertiary/aromatic N) is 2. The van der Waals surface area contributed by atoms with Gasteiger partial charge in [-0.2, -0.15) is 0 Å². The minimum Gasteiger partial charge on any atom is -0.341 e. The van der Waals surface area contributed by atoms with Crippen LogP contribution in [0.15, 0.2) is 53.7 Å². The normalized spacial score (nSPS) is 11.9. The van der Waals surface area contributed by atoms with E-state index in [9.17, 15) is 9.59 Å². The molecule has 5 heteroatoms. The second-order valence-electron chi connectivity index (χ2n) is 8.57. The summed E-state index contributed by atoms with van der Waals surface area (Å²) in [6.07, 6.45) is 0. The molecule has 1 aromatic heterocycles. The van der Waals surface area contributed by atoms with Crippen LogP contribution in [-0.4, -0.2) is 22.0 Å². The standard InChI is InChI=1S/C28H28N2O3/c1-7-30-25-10-8-21(19(5)29-33-20(6)31)14-23(25)24-15-22(9-11-26(24)30)28(32)27-17(3)12-16(2)13-18(27)4/h8-15H,7H2,1-6H3/b29-19+. The first-order valence-corrected chi connectivity index (χ1v) is 11.1. The first-order valence-electron chi connectivity index (χ1n) is 11.1. The van der Waals surface area contributed by atoms with Crippen LogP contribution in [0.1, 0.15) is 58.9 Å². The lowest BCUT2D eigenvalue weighted by Crippen LogP contribution is -2.07. The molecule has 0 amide bonds. The highest BCUT2D eigenvalue weighted by molar-refractivity contribution is 6.16. The maximum absolute atomic E-state index is 13.5. The van der Waals surface area contributed by atoms with E-state index >= 15 is 0 Å². The summed E-state index contributed by atoms with van der Waals surface area (Å²) in [5.41, 5.74) is 8.22. The molecular formula is C28H28N2O3. The molecule has 4 rings (SSSR count). The summed E-state index contributed by atoms with van der Waals surface area (Å²) in [7, 11) is 0. The van der Waals surface area contributed by atoms with Gasteiger partial charge in [-0.05, 0) is 81.6 Å². The molecule has 0 radical (unpaired) electrons. The molecule has 0 fully saturated rings. The zero-order chi connectivity index (χ0) is 23.9. The van der Waals surface area contributed by atoms with Gasteiger partial charge in [-0.1, -0.05) is 28.9 Å². The Kier molecular flexibility index (Phi) is 5.90. The summed E-state index contributed by atoms with van der Waals surface area (Å²) < 4.78 is 2.24. The molecule has 0 saturated heterocycles. The van der Waals surface area contributed by atoms with Crippen molar-refractivity contribution in [3.63, 3.8) is 0 Å². The van der Waals surface area contributed by atoms with Gasteiger partial charge in [0.25, 0.3) is 0 Å². The molecule has 0 bridgehead atoms. The zero-order valence-electron chi connectivity index (χ0n) is 19.9. The van der Waals surface area contributed by atoms with Gasteiger partial charge in [0.15, 0.2) is 5.78 Å². The first-order chi connectivity index (χ1) is 15.7. The quantitative estimate of drug-likeness (QED) is 0.159. The minimum absolute atomic E-state index is 0.0352. The number of hydrogen-bond acceptors (Lipinski definition) is 4. The lowest BCUT2D eigenvalue weighted by atomic mass is 9.92. The predicted octanol–water partition coefficient (Wildman–Crippen LogP) is 6.26. The average molecular weight is 441 g/mol. The van der Waals surface area contributed by atoms with Gasteiger partial charge in [-0.15, -0.1) is 0 Å². The van der Waals surface area contributed by atoms with Crippen LogP contribution in [0.4, 0.5) is 0 Å². The number of aryl methyl sites for hydroxylation is 4. The van der Waals surface area contributed by atoms with Gasteiger partial charge >= 0.3 is 5.97 Å². The van der Waals surface area contributed by atoms with Crippen molar-refractivity contribution in [1.29, 1.82) is 0 Å². The molecule has 0 atom stereocenters. The number of benzene rings is 3. The van der Waals surface area contributed by atoms with Gasteiger partial charge in [0, 0.05) is 46.4 Å². The summed E-state index contributed by atoms with van der Waals surface area (Å²) in [5, 5.41) is 5.98. The number of carbonyl (C=O) groups is 2. The maximum Gasteiger partial charge on any atom is 0.331 e. The van der Waals surface area contributed by atoms with Crippen molar-refractivity contribution >= 4 is 39.3 Å². The third-order valence-electron chi connectivity index (χ3n) is 6.08. The Hall–Kier alpha value is -3.73. The smallest absolute Gasteiger partial charge is 0.331 e. The zero-order valence-corrected chi connectivity index (χ0v) is 19.9. The van der Waals surface area contributed by atoms with E-state index in [4.69, 9.17) is 4.84 Å². The lowest BCUT2D eigenvalue weighted by Gasteiger charge is -2.11. The number of oxime groups is 1. The molecule has 0 aliphatic carbocycles. The number of fused-ring (bicyclic) bond motifs is 3. The Bertz CT molecular complexity index is 1430. The molecule has 0 aliphatic rings. The first kappa shape index (κ1) is 22.5. The number of aromatic nitrogens is 1. The van der Waals surface area contributed by atoms with E-state index < -0.39 is 5.97 Å². The average Bonchev–Trinajstić information content (AvgIpc) is 3.08. The summed E-state index contributed by atoms with van der Waals surface area (Å²) in [6.45, 7) is 12.1. The van der Waals surface area contributed by atoms with E-state index in [1.165, 1.54) is 6.92 Å². The summed E-state index contributed by atoms with van der Waals surface area (Å²) in [4.78, 5) is 29.4. The topological polar surface area (TPSA) is 60.7 Å². The van der Waals surface area contributed by atoms with Gasteiger partial charge < -0.3 is 9.40 Å². The van der Waals surface area contributed by atoms with Gasteiger partial charge in [0.05, 0.1) is 5.71 Å². The van der Waals surface area contributed by atoms with Gasteiger partial charge in [-0.25, -0.2) is 4.79 Å². The number of carbonyl (C=O) groups excluding carboxylic acids is 2. The molecule has 5 nitrogen and oxygen atoms in total. The van der Waals surface area contributed by atoms with Gasteiger partial charge in [0.1, 0.15) is 0 Å². The third kappa shape index (κ3) is 4.07. The molecule has 4 aromatic rings. The SMILES string of the molecule is CCn1c2ccc(C(=O)c3c(C)cc(C)cc3C)cc2c2cc(/C(C)=N/OC(C)=O)ccc21. The minimum atomic E-state index is -0.456. The molecule has 1 heterocycles. The number of rotatable bonds is 5. The second kappa shape index (κ2) is 8.66. The fraction of sp³-hybridized carbons (Fsp3) is 0.250. The molecule has 0 N–H and O–H groups in total. The van der Waals surface area contributed by atoms with Crippen LogP contribution in [0.2, 0.25) is 0 Å². The molecule has 0 spiro atoms. The van der Waals surface area contributed by atoms with E-state index in [0.29, 0.717) is 11.3 Å². The van der Waals surface area contributed by atoms with Crippen LogP contribution >= 0.6 is 0 Å². The largest absolute Gasteiger partial charge is 0.341 e. The van der Waals surface area contributed by atoms with Crippen LogP contribution in [0, 0.1) is 20.8 Å². The van der Waals surface area contributed by atoms with Crippen molar-refractivity contribution in [3.05, 3.63) is 81.9 Å². The van der Waals surface area contributed by atoms with Crippen molar-refractivity contribution < 1.29 is 14.4 Å². The van der Waals surface area contributed by atoms with E-state index in [-0.39, 0.29) is 5.78 Å². The van der Waals surface area contributed by atoms with Crippen molar-refractivity contribution in [3.8, 4) is 0 Å². The lowest BCUT2D eigenvalue weighted by molar-refractivity contribution is -0.140. The predicted molar refractivity (Wildman–Crippen MR) is 133 cm³/mol. The molecule has 0 unspecified atom stereocenters. The second-order valence-corrected chi connectivity index (χ2v) is 8.57. The van der Waals surface area contributed by atoms with E-state index in [2.05, 4.69) is 34.8 Å². The molecule has 0 saturated carbocycles. The monoisotopic (exact) mass is 440 g/mol. The fourth-order valence-electron chi connectivity index (χ4n) is 4.68. The Balaban J connectivity index is 1.89. The highest BCUT2D eigenvalue weighted by Gasteiger charge is 2.18. The number of hydrogen-bond donors (Lipinski definition) is 0. The van der Waals surface area contributed by atoms with E-state index in [1.54, 1.807) is 6.92 Å². The third-order valence-corrected chi connectivity index (χ3v) is 6.08. The molecule has 0 aliphatic heterocycles. The van der Waals surface area contributed by atoms with Crippen molar-refractivity contribution in [2.75, 3.05) is 0 Å². The molecule has 3 aromatic carbocycles. The Morgan fingerprint density at radius 1 is 0.848 bits per heavy atom. The van der Waals surface area contributed by atoms with Gasteiger partial charge in [-0.3, -0.25) is 4.79 Å². The van der Waals surface area contributed by atoms with Crippen LogP contribution < -0.4 is 0 Å². The van der Waals surface area contributed by atoms with Crippen molar-refractivity contribution in [2.45, 2.75) is 48.1 Å². The molecular weight excluding hydrogens is 412 g/mol. The maximum atomic E-state index is 13.5. The Labute approximate surface area is 193 Å². The highest BCUT2D eigenvalue weighted by Crippen LogP contribution is 2.32. The van der Waals surface area contributed by atoms with Crippen LogP contribution in [0.3, 0.4) is 0 Å².